The molecule has 0 heterocycles. The molecule has 1 atom stereocenters. The number of hydrogen-bond acceptors (Lipinski definition) is 6. The smallest absolute Gasteiger partial charge is 0.310 e. The fourth-order valence-corrected chi connectivity index (χ4v) is 5.21. The summed E-state index contributed by atoms with van der Waals surface area (Å²) in [7, 11) is 0. The second kappa shape index (κ2) is 38.9. The maximum Gasteiger partial charge on any atom is 0.310 e. The molecule has 286 valence electrons. The van der Waals surface area contributed by atoms with Gasteiger partial charge in [0.05, 0.1) is 6.42 Å². The Labute approximate surface area is 307 Å². The predicted molar refractivity (Wildman–Crippen MR) is 210 cm³/mol. The second-order valence-corrected chi connectivity index (χ2v) is 13.2. The first-order chi connectivity index (χ1) is 24.5. The van der Waals surface area contributed by atoms with Crippen LogP contribution in [0.2, 0.25) is 0 Å². The van der Waals surface area contributed by atoms with Gasteiger partial charge in [-0.25, -0.2) is 0 Å². The van der Waals surface area contributed by atoms with Crippen molar-refractivity contribution in [2.75, 3.05) is 13.2 Å². The third kappa shape index (κ3) is 36.4. The number of carbonyl (C=O) groups excluding carboxylic acids is 3. The standard InChI is InChI=1S/C44H74O6/c1-4-7-10-13-16-19-20-21-22-23-26-28-31-34-37-43(46)49-40-41(50-44(47)38-35-32-29-25-18-15-12-9-6-3)39-48-42(45)36-33-30-27-24-17-14-11-8-5-2/h9,12,18,22-25,27,32,35,41H,4-8,10-11,13-17,19-21,26,28-31,33-34,36-40H2,1-3H3/b12-9-,23-22-,25-18-,27-24-,35-32-. The van der Waals surface area contributed by atoms with Crippen molar-refractivity contribution in [1.29, 1.82) is 0 Å². The lowest BCUT2D eigenvalue weighted by atomic mass is 10.1. The van der Waals surface area contributed by atoms with E-state index in [1.54, 1.807) is 6.08 Å². The van der Waals surface area contributed by atoms with Crippen molar-refractivity contribution in [2.24, 2.45) is 0 Å². The SMILES string of the molecule is CC/C=C\C/C=C\C/C=C\CC(=O)OC(COC(=O)CCC/C=C\CCCCCC)COC(=O)CCCCC/C=C\CCCCCCCCC. The van der Waals surface area contributed by atoms with Gasteiger partial charge in [0.1, 0.15) is 13.2 Å². The summed E-state index contributed by atoms with van der Waals surface area (Å²) in [5.74, 6) is -1.11. The Balaban J connectivity index is 4.48. The van der Waals surface area contributed by atoms with Crippen molar-refractivity contribution in [3.8, 4) is 0 Å². The molecule has 0 aliphatic rings. The molecule has 0 N–H and O–H groups in total. The van der Waals surface area contributed by atoms with Crippen LogP contribution >= 0.6 is 0 Å². The number of rotatable bonds is 35. The molecule has 50 heavy (non-hydrogen) atoms. The average molecular weight is 699 g/mol. The van der Waals surface area contributed by atoms with Crippen LogP contribution < -0.4 is 0 Å². The molecule has 0 fully saturated rings. The fraction of sp³-hybridized carbons (Fsp3) is 0.705. The van der Waals surface area contributed by atoms with Gasteiger partial charge in [-0.2, -0.15) is 0 Å². The van der Waals surface area contributed by atoms with E-state index in [-0.39, 0.29) is 31.6 Å². The molecule has 0 aromatic rings. The van der Waals surface area contributed by atoms with E-state index in [1.807, 2.05) is 6.08 Å². The lowest BCUT2D eigenvalue weighted by Gasteiger charge is -2.18. The van der Waals surface area contributed by atoms with Crippen molar-refractivity contribution >= 4 is 17.9 Å². The van der Waals surface area contributed by atoms with Gasteiger partial charge >= 0.3 is 17.9 Å². The summed E-state index contributed by atoms with van der Waals surface area (Å²) in [5.41, 5.74) is 0. The highest BCUT2D eigenvalue weighted by atomic mass is 16.6. The lowest BCUT2D eigenvalue weighted by molar-refractivity contribution is -0.166. The molecule has 0 aromatic carbocycles. The Morgan fingerprint density at radius 1 is 0.440 bits per heavy atom. The van der Waals surface area contributed by atoms with E-state index < -0.39 is 12.1 Å². The van der Waals surface area contributed by atoms with Crippen LogP contribution in [0.25, 0.3) is 0 Å². The molecule has 0 saturated heterocycles. The van der Waals surface area contributed by atoms with Gasteiger partial charge in [-0.15, -0.1) is 0 Å². The maximum absolute atomic E-state index is 12.5. The highest BCUT2D eigenvalue weighted by molar-refractivity contribution is 5.72. The highest BCUT2D eigenvalue weighted by Crippen LogP contribution is 2.11. The summed E-state index contributed by atoms with van der Waals surface area (Å²) in [5, 5.41) is 0. The molecule has 6 heteroatoms. The Bertz CT molecular complexity index is 944. The zero-order valence-corrected chi connectivity index (χ0v) is 32.4. The minimum atomic E-state index is -0.835. The highest BCUT2D eigenvalue weighted by Gasteiger charge is 2.19. The van der Waals surface area contributed by atoms with E-state index in [2.05, 4.69) is 69.4 Å². The fourth-order valence-electron chi connectivity index (χ4n) is 5.21. The van der Waals surface area contributed by atoms with Gasteiger partial charge < -0.3 is 14.2 Å². The van der Waals surface area contributed by atoms with E-state index >= 15 is 0 Å². The summed E-state index contributed by atoms with van der Waals surface area (Å²) in [6, 6.07) is 0. The number of ether oxygens (including phenoxy) is 3. The number of carbonyl (C=O) groups is 3. The Morgan fingerprint density at radius 2 is 0.860 bits per heavy atom. The van der Waals surface area contributed by atoms with E-state index in [0.29, 0.717) is 19.3 Å². The quantitative estimate of drug-likeness (QED) is 0.0284. The van der Waals surface area contributed by atoms with Gasteiger partial charge in [0, 0.05) is 12.8 Å². The van der Waals surface area contributed by atoms with Crippen molar-refractivity contribution in [3.63, 3.8) is 0 Å². The summed E-state index contributed by atoms with van der Waals surface area (Å²) in [4.78, 5) is 37.3. The van der Waals surface area contributed by atoms with E-state index in [4.69, 9.17) is 14.2 Å². The van der Waals surface area contributed by atoms with Crippen LogP contribution in [0, 0.1) is 0 Å². The summed E-state index contributed by atoms with van der Waals surface area (Å²) >= 11 is 0. The first-order valence-electron chi connectivity index (χ1n) is 20.3. The van der Waals surface area contributed by atoms with Gasteiger partial charge in [-0.3, -0.25) is 14.4 Å². The van der Waals surface area contributed by atoms with E-state index in [0.717, 1.165) is 64.2 Å². The van der Waals surface area contributed by atoms with E-state index in [1.165, 1.54) is 70.6 Å². The van der Waals surface area contributed by atoms with Crippen LogP contribution in [0.15, 0.2) is 60.8 Å². The van der Waals surface area contributed by atoms with Gasteiger partial charge in [0.15, 0.2) is 6.10 Å². The predicted octanol–water partition coefficient (Wildman–Crippen LogP) is 12.6. The number of esters is 3. The molecule has 0 amide bonds. The Morgan fingerprint density at radius 3 is 1.40 bits per heavy atom. The topological polar surface area (TPSA) is 78.9 Å². The molecule has 0 aromatic heterocycles. The molecule has 0 rings (SSSR count). The van der Waals surface area contributed by atoms with Crippen LogP contribution in [0.3, 0.4) is 0 Å². The molecule has 0 aliphatic heterocycles. The van der Waals surface area contributed by atoms with Crippen molar-refractivity contribution in [1.82, 2.24) is 0 Å². The zero-order valence-electron chi connectivity index (χ0n) is 32.4. The van der Waals surface area contributed by atoms with Gasteiger partial charge in [0.2, 0.25) is 0 Å². The van der Waals surface area contributed by atoms with Crippen molar-refractivity contribution < 1.29 is 28.6 Å². The molecule has 0 radical (unpaired) electrons. The van der Waals surface area contributed by atoms with Crippen LogP contribution in [-0.2, 0) is 28.6 Å². The normalized spacial score (nSPS) is 12.6. The maximum atomic E-state index is 12.5. The number of unbranched alkanes of at least 4 members (excludes halogenated alkanes) is 15. The second-order valence-electron chi connectivity index (χ2n) is 13.2. The van der Waals surface area contributed by atoms with Gasteiger partial charge in [-0.05, 0) is 77.0 Å². The molecule has 1 unspecified atom stereocenters. The third-order valence-electron chi connectivity index (χ3n) is 8.26. The molecular weight excluding hydrogens is 624 g/mol. The van der Waals surface area contributed by atoms with Gasteiger partial charge in [0.25, 0.3) is 0 Å². The molecule has 0 spiro atoms. The average Bonchev–Trinajstić information content (AvgIpc) is 3.11. The van der Waals surface area contributed by atoms with Crippen LogP contribution in [0.1, 0.15) is 181 Å². The molecule has 0 bridgehead atoms. The lowest BCUT2D eigenvalue weighted by Crippen LogP contribution is -2.30. The minimum Gasteiger partial charge on any atom is -0.462 e. The van der Waals surface area contributed by atoms with Crippen LogP contribution in [-0.4, -0.2) is 37.2 Å². The number of allylic oxidation sites excluding steroid dienone is 9. The zero-order chi connectivity index (χ0) is 36.6. The van der Waals surface area contributed by atoms with Crippen molar-refractivity contribution in [3.05, 3.63) is 60.8 Å². The van der Waals surface area contributed by atoms with Crippen LogP contribution in [0.5, 0.6) is 0 Å². The monoisotopic (exact) mass is 699 g/mol. The van der Waals surface area contributed by atoms with Crippen molar-refractivity contribution in [2.45, 2.75) is 187 Å². The summed E-state index contributed by atoms with van der Waals surface area (Å²) in [6.45, 7) is 6.31. The Hall–Kier alpha value is -2.89. The molecule has 0 saturated carbocycles. The van der Waals surface area contributed by atoms with Crippen LogP contribution in [0.4, 0.5) is 0 Å². The third-order valence-corrected chi connectivity index (χ3v) is 8.26. The van der Waals surface area contributed by atoms with Gasteiger partial charge in [-0.1, -0.05) is 146 Å². The summed E-state index contributed by atoms with van der Waals surface area (Å²) in [6.07, 6.45) is 45.4. The largest absolute Gasteiger partial charge is 0.462 e. The minimum absolute atomic E-state index is 0.0975. The first-order valence-corrected chi connectivity index (χ1v) is 20.3. The van der Waals surface area contributed by atoms with E-state index in [9.17, 15) is 14.4 Å². The Kier molecular flexibility index (Phi) is 36.7. The molecule has 0 aliphatic carbocycles. The first kappa shape index (κ1) is 47.1. The molecule has 6 nitrogen and oxygen atoms in total. The number of hydrogen-bond donors (Lipinski definition) is 0. The molecular formula is C44H74O6. The summed E-state index contributed by atoms with van der Waals surface area (Å²) < 4.78 is 16.4.